The summed E-state index contributed by atoms with van der Waals surface area (Å²) < 4.78 is 5.53. The molecule has 1 saturated heterocycles. The fourth-order valence-corrected chi connectivity index (χ4v) is 2.16. The third-order valence-corrected chi connectivity index (χ3v) is 3.60. The van der Waals surface area contributed by atoms with Crippen molar-refractivity contribution in [3.8, 4) is 0 Å². The molecule has 0 radical (unpaired) electrons. The smallest absolute Gasteiger partial charge is 0.317 e. The topological polar surface area (TPSA) is 78.9 Å². The Hall–Kier alpha value is -1.30. The van der Waals surface area contributed by atoms with Crippen LogP contribution in [0.15, 0.2) is 0 Å². The molecular weight excluding hydrogens is 236 g/mol. The molecule has 2 N–H and O–H groups in total. The molecule has 2 aliphatic rings. The lowest BCUT2D eigenvalue weighted by Gasteiger charge is -2.38. The van der Waals surface area contributed by atoms with Crippen LogP contribution < -0.4 is 5.32 Å². The van der Waals surface area contributed by atoms with Crippen LogP contribution in [0.1, 0.15) is 26.7 Å². The van der Waals surface area contributed by atoms with Crippen LogP contribution in [0.3, 0.4) is 0 Å². The van der Waals surface area contributed by atoms with Gasteiger partial charge in [0.15, 0.2) is 0 Å². The fraction of sp³-hybridized carbons (Fsp3) is 0.833. The summed E-state index contributed by atoms with van der Waals surface area (Å²) in [6.45, 7) is 5.69. The van der Waals surface area contributed by atoms with Gasteiger partial charge in [-0.15, -0.1) is 0 Å². The number of nitrogens with one attached hydrogen (secondary N) is 1. The van der Waals surface area contributed by atoms with Crippen molar-refractivity contribution in [2.75, 3.05) is 26.2 Å². The van der Waals surface area contributed by atoms with Crippen LogP contribution in [-0.4, -0.2) is 53.8 Å². The minimum atomic E-state index is -0.815. The van der Waals surface area contributed by atoms with E-state index in [1.807, 2.05) is 13.8 Å². The number of aliphatic carboxylic acids is 1. The zero-order valence-corrected chi connectivity index (χ0v) is 10.9. The number of nitrogens with zero attached hydrogens (tertiary/aromatic N) is 1. The van der Waals surface area contributed by atoms with Gasteiger partial charge < -0.3 is 20.1 Å². The zero-order chi connectivity index (χ0) is 13.4. The van der Waals surface area contributed by atoms with Crippen LogP contribution >= 0.6 is 0 Å². The Kier molecular flexibility index (Phi) is 3.23. The number of urea groups is 1. The molecule has 2 fully saturated rings. The quantitative estimate of drug-likeness (QED) is 0.778. The number of hydrogen-bond acceptors (Lipinski definition) is 3. The minimum absolute atomic E-state index is 0.195. The summed E-state index contributed by atoms with van der Waals surface area (Å²) in [5.41, 5.74) is -1.04. The Morgan fingerprint density at radius 3 is 2.56 bits per heavy atom. The van der Waals surface area contributed by atoms with Gasteiger partial charge in [0.25, 0.3) is 0 Å². The number of carboxylic acid groups (broad SMARTS) is 1. The van der Waals surface area contributed by atoms with Gasteiger partial charge in [0.05, 0.1) is 24.2 Å². The van der Waals surface area contributed by atoms with E-state index in [4.69, 9.17) is 9.84 Å². The average Bonchev–Trinajstić information content (AvgIpc) is 3.05. The molecule has 1 saturated carbocycles. The van der Waals surface area contributed by atoms with E-state index in [1.165, 1.54) is 0 Å². The predicted molar refractivity (Wildman–Crippen MR) is 64.3 cm³/mol. The molecule has 1 heterocycles. The fourth-order valence-electron chi connectivity index (χ4n) is 2.16. The third kappa shape index (κ3) is 2.75. The van der Waals surface area contributed by atoms with Gasteiger partial charge >= 0.3 is 12.0 Å². The molecule has 1 aliphatic heterocycles. The van der Waals surface area contributed by atoms with Crippen LogP contribution in [-0.2, 0) is 9.53 Å². The zero-order valence-electron chi connectivity index (χ0n) is 10.9. The normalized spacial score (nSPS) is 24.4. The van der Waals surface area contributed by atoms with Crippen molar-refractivity contribution in [3.63, 3.8) is 0 Å². The summed E-state index contributed by atoms with van der Waals surface area (Å²) >= 11 is 0. The molecule has 2 rings (SSSR count). The van der Waals surface area contributed by atoms with Gasteiger partial charge in [0.1, 0.15) is 0 Å². The van der Waals surface area contributed by atoms with Crippen molar-refractivity contribution in [1.29, 1.82) is 0 Å². The van der Waals surface area contributed by atoms with Gasteiger partial charge in [-0.2, -0.15) is 0 Å². The average molecular weight is 256 g/mol. The summed E-state index contributed by atoms with van der Waals surface area (Å²) in [7, 11) is 0. The number of morpholine rings is 1. The van der Waals surface area contributed by atoms with E-state index in [2.05, 4.69) is 5.32 Å². The molecule has 0 atom stereocenters. The minimum Gasteiger partial charge on any atom is -0.481 e. The van der Waals surface area contributed by atoms with Gasteiger partial charge in [-0.1, -0.05) is 0 Å². The molecule has 0 aromatic carbocycles. The highest BCUT2D eigenvalue weighted by molar-refractivity contribution is 5.80. The molecule has 0 aromatic heterocycles. The van der Waals surface area contributed by atoms with Crippen molar-refractivity contribution in [3.05, 3.63) is 0 Å². The number of carbonyl (C=O) groups excluding carboxylic acids is 1. The SMILES string of the molecule is CC1(C)CN(C(=O)NCC2(C(=O)O)CC2)CCO1. The second kappa shape index (κ2) is 4.42. The summed E-state index contributed by atoms with van der Waals surface area (Å²) in [6, 6.07) is -0.195. The van der Waals surface area contributed by atoms with E-state index in [0.29, 0.717) is 32.5 Å². The number of ether oxygens (including phenoxy) is 1. The van der Waals surface area contributed by atoms with Crippen LogP contribution in [0.25, 0.3) is 0 Å². The summed E-state index contributed by atoms with van der Waals surface area (Å²) in [5, 5.41) is 11.8. The molecule has 0 aromatic rings. The highest BCUT2D eigenvalue weighted by atomic mass is 16.5. The first kappa shape index (κ1) is 13.1. The molecule has 6 nitrogen and oxygen atoms in total. The molecule has 0 unspecified atom stereocenters. The van der Waals surface area contributed by atoms with Crippen LogP contribution in [0.4, 0.5) is 4.79 Å². The molecule has 0 bridgehead atoms. The number of carboxylic acids is 1. The summed E-state index contributed by atoms with van der Waals surface area (Å²) in [4.78, 5) is 24.6. The highest BCUT2D eigenvalue weighted by Crippen LogP contribution is 2.45. The number of carbonyl (C=O) groups is 2. The first-order chi connectivity index (χ1) is 8.35. The largest absolute Gasteiger partial charge is 0.481 e. The first-order valence-electron chi connectivity index (χ1n) is 6.25. The van der Waals surface area contributed by atoms with Crippen LogP contribution in [0.2, 0.25) is 0 Å². The lowest BCUT2D eigenvalue weighted by molar-refractivity contribution is -0.143. The van der Waals surface area contributed by atoms with Crippen molar-refractivity contribution < 1.29 is 19.4 Å². The van der Waals surface area contributed by atoms with E-state index in [0.717, 1.165) is 0 Å². The Labute approximate surface area is 106 Å². The number of rotatable bonds is 3. The highest BCUT2D eigenvalue weighted by Gasteiger charge is 2.50. The Balaban J connectivity index is 1.83. The first-order valence-corrected chi connectivity index (χ1v) is 6.25. The maximum Gasteiger partial charge on any atom is 0.317 e. The maximum absolute atomic E-state index is 11.9. The van der Waals surface area contributed by atoms with Gasteiger partial charge in [0, 0.05) is 13.1 Å². The number of amides is 2. The van der Waals surface area contributed by atoms with E-state index in [1.54, 1.807) is 4.90 Å². The van der Waals surface area contributed by atoms with Crippen molar-refractivity contribution >= 4 is 12.0 Å². The Morgan fingerprint density at radius 2 is 2.06 bits per heavy atom. The molecular formula is C12H20N2O4. The number of hydrogen-bond donors (Lipinski definition) is 2. The van der Waals surface area contributed by atoms with E-state index in [-0.39, 0.29) is 18.2 Å². The summed E-state index contributed by atoms with van der Waals surface area (Å²) in [5.74, 6) is -0.815. The molecule has 18 heavy (non-hydrogen) atoms. The lowest BCUT2D eigenvalue weighted by Crippen LogP contribution is -2.54. The Morgan fingerprint density at radius 1 is 1.39 bits per heavy atom. The van der Waals surface area contributed by atoms with Crippen molar-refractivity contribution in [2.45, 2.75) is 32.3 Å². The predicted octanol–water partition coefficient (Wildman–Crippen LogP) is 0.672. The van der Waals surface area contributed by atoms with Gasteiger partial charge in [-0.25, -0.2) is 4.79 Å². The van der Waals surface area contributed by atoms with Gasteiger partial charge in [0.2, 0.25) is 0 Å². The monoisotopic (exact) mass is 256 g/mol. The third-order valence-electron chi connectivity index (χ3n) is 3.60. The van der Waals surface area contributed by atoms with E-state index >= 15 is 0 Å². The summed E-state index contributed by atoms with van der Waals surface area (Å²) in [6.07, 6.45) is 1.30. The van der Waals surface area contributed by atoms with Crippen molar-refractivity contribution in [1.82, 2.24) is 10.2 Å². The molecule has 6 heteroatoms. The molecule has 0 spiro atoms. The van der Waals surface area contributed by atoms with Crippen molar-refractivity contribution in [2.24, 2.45) is 5.41 Å². The van der Waals surface area contributed by atoms with Gasteiger partial charge in [-0.05, 0) is 26.7 Å². The van der Waals surface area contributed by atoms with E-state index < -0.39 is 11.4 Å². The standard InChI is InChI=1S/C12H20N2O4/c1-11(2)8-14(5-6-18-11)10(17)13-7-12(3-4-12)9(15)16/h3-8H2,1-2H3,(H,13,17)(H,15,16). The van der Waals surface area contributed by atoms with Gasteiger partial charge in [-0.3, -0.25) is 4.79 Å². The Bertz CT molecular complexity index is 363. The molecule has 102 valence electrons. The second-order valence-corrected chi connectivity index (χ2v) is 5.77. The lowest BCUT2D eigenvalue weighted by atomic mass is 10.1. The van der Waals surface area contributed by atoms with Crippen LogP contribution in [0.5, 0.6) is 0 Å². The molecule has 2 amide bonds. The van der Waals surface area contributed by atoms with Crippen LogP contribution in [0, 0.1) is 5.41 Å². The van der Waals surface area contributed by atoms with E-state index in [9.17, 15) is 9.59 Å². The molecule has 1 aliphatic carbocycles. The maximum atomic E-state index is 11.9. The second-order valence-electron chi connectivity index (χ2n) is 5.77.